The summed E-state index contributed by atoms with van der Waals surface area (Å²) in [7, 11) is 0. The lowest BCUT2D eigenvalue weighted by atomic mass is 10.1. The van der Waals surface area contributed by atoms with Crippen molar-refractivity contribution in [2.45, 2.75) is 6.42 Å². The van der Waals surface area contributed by atoms with E-state index in [0.717, 1.165) is 6.07 Å². The number of nitro groups is 1. The van der Waals surface area contributed by atoms with Gasteiger partial charge in [0.15, 0.2) is 0 Å². The quantitative estimate of drug-likeness (QED) is 0.559. The highest BCUT2D eigenvalue weighted by Crippen LogP contribution is 2.17. The van der Waals surface area contributed by atoms with E-state index < -0.39 is 10.7 Å². The highest BCUT2D eigenvalue weighted by molar-refractivity contribution is 6.31. The average Bonchev–Trinajstić information content (AvgIpc) is 2.02. The zero-order valence-electron chi connectivity index (χ0n) is 6.67. The largest absolute Gasteiger partial charge is 0.265 e. The molecule has 5 heteroatoms. The second-order valence-corrected chi connectivity index (χ2v) is 2.95. The Kier molecular flexibility index (Phi) is 3.19. The van der Waals surface area contributed by atoms with E-state index in [1.54, 1.807) is 0 Å². The number of benzene rings is 1. The summed E-state index contributed by atoms with van der Waals surface area (Å²) in [5.41, 5.74) is 0.597. The summed E-state index contributed by atoms with van der Waals surface area (Å²) in [5.74, 6) is -0.435. The van der Waals surface area contributed by atoms with E-state index in [-0.39, 0.29) is 18.0 Å². The van der Waals surface area contributed by atoms with Crippen molar-refractivity contribution in [3.05, 3.63) is 44.7 Å². The standard InChI is InChI=1S/C8H7ClFNO2/c9-8-5-7(10)2-1-6(8)3-4-11(12)13/h1-2,5H,3-4H2. The fourth-order valence-electron chi connectivity index (χ4n) is 0.936. The van der Waals surface area contributed by atoms with Gasteiger partial charge in [0.1, 0.15) is 5.82 Å². The van der Waals surface area contributed by atoms with Crippen molar-refractivity contribution in [1.82, 2.24) is 0 Å². The Morgan fingerprint density at radius 2 is 2.23 bits per heavy atom. The first-order valence-corrected chi connectivity index (χ1v) is 4.03. The lowest BCUT2D eigenvalue weighted by Gasteiger charge is -2.00. The SMILES string of the molecule is O=[N+]([O-])CCc1ccc(F)cc1Cl. The number of nitrogens with zero attached hydrogens (tertiary/aromatic N) is 1. The molecule has 0 spiro atoms. The number of hydrogen-bond donors (Lipinski definition) is 0. The Hall–Kier alpha value is -1.16. The van der Waals surface area contributed by atoms with E-state index >= 15 is 0 Å². The predicted molar refractivity (Wildman–Crippen MR) is 47.0 cm³/mol. The van der Waals surface area contributed by atoms with Gasteiger partial charge in [-0.2, -0.15) is 0 Å². The molecule has 0 radical (unpaired) electrons. The van der Waals surface area contributed by atoms with Gasteiger partial charge in [-0.05, 0) is 17.7 Å². The van der Waals surface area contributed by atoms with Gasteiger partial charge in [0.2, 0.25) is 6.54 Å². The van der Waals surface area contributed by atoms with Crippen LogP contribution in [0.15, 0.2) is 18.2 Å². The van der Waals surface area contributed by atoms with Crippen molar-refractivity contribution in [2.24, 2.45) is 0 Å². The minimum atomic E-state index is -0.435. The summed E-state index contributed by atoms with van der Waals surface area (Å²) in [6, 6.07) is 3.85. The van der Waals surface area contributed by atoms with Crippen molar-refractivity contribution in [3.63, 3.8) is 0 Å². The lowest BCUT2D eigenvalue weighted by molar-refractivity contribution is -0.479. The molecule has 0 aliphatic rings. The summed E-state index contributed by atoms with van der Waals surface area (Å²) < 4.78 is 12.5. The van der Waals surface area contributed by atoms with Crippen LogP contribution in [-0.4, -0.2) is 11.5 Å². The monoisotopic (exact) mass is 203 g/mol. The number of rotatable bonds is 3. The zero-order valence-corrected chi connectivity index (χ0v) is 7.42. The van der Waals surface area contributed by atoms with E-state index in [1.807, 2.05) is 0 Å². The third kappa shape index (κ3) is 2.99. The third-order valence-electron chi connectivity index (χ3n) is 1.58. The molecular formula is C8H7ClFNO2. The molecule has 0 saturated heterocycles. The molecule has 70 valence electrons. The van der Waals surface area contributed by atoms with Crippen molar-refractivity contribution in [2.75, 3.05) is 6.54 Å². The van der Waals surface area contributed by atoms with E-state index in [9.17, 15) is 14.5 Å². The van der Waals surface area contributed by atoms with E-state index in [0.29, 0.717) is 5.56 Å². The molecule has 0 aliphatic carbocycles. The van der Waals surface area contributed by atoms with Crippen LogP contribution in [0.2, 0.25) is 5.02 Å². The smallest absolute Gasteiger partial charge is 0.207 e. The highest BCUT2D eigenvalue weighted by atomic mass is 35.5. The molecule has 1 rings (SSSR count). The number of hydrogen-bond acceptors (Lipinski definition) is 2. The topological polar surface area (TPSA) is 43.1 Å². The summed E-state index contributed by atoms with van der Waals surface area (Å²) in [4.78, 5) is 9.61. The normalized spacial score (nSPS) is 10.0. The molecule has 0 unspecified atom stereocenters. The Labute approximate surface area is 79.3 Å². The Balaban J connectivity index is 2.72. The van der Waals surface area contributed by atoms with Gasteiger partial charge in [0.25, 0.3) is 0 Å². The molecule has 0 heterocycles. The van der Waals surface area contributed by atoms with E-state index in [1.165, 1.54) is 12.1 Å². The maximum atomic E-state index is 12.5. The predicted octanol–water partition coefficient (Wildman–Crippen LogP) is 2.30. The molecule has 0 saturated carbocycles. The summed E-state index contributed by atoms with van der Waals surface area (Å²) in [5, 5.41) is 10.3. The lowest BCUT2D eigenvalue weighted by Crippen LogP contribution is -2.04. The molecule has 0 fully saturated rings. The van der Waals surface area contributed by atoms with Gasteiger partial charge in [-0.15, -0.1) is 0 Å². The minimum Gasteiger partial charge on any atom is -0.265 e. The first kappa shape index (κ1) is 9.92. The first-order chi connectivity index (χ1) is 6.09. The molecule has 3 nitrogen and oxygen atoms in total. The zero-order chi connectivity index (χ0) is 9.84. The van der Waals surface area contributed by atoms with E-state index in [4.69, 9.17) is 11.6 Å². The second-order valence-electron chi connectivity index (χ2n) is 2.54. The van der Waals surface area contributed by atoms with E-state index in [2.05, 4.69) is 0 Å². The van der Waals surface area contributed by atoms with Gasteiger partial charge in [0, 0.05) is 16.4 Å². The van der Waals surface area contributed by atoms with Crippen LogP contribution in [0.1, 0.15) is 5.56 Å². The van der Waals surface area contributed by atoms with Crippen molar-refractivity contribution < 1.29 is 9.31 Å². The molecule has 0 amide bonds. The molecule has 0 atom stereocenters. The third-order valence-corrected chi connectivity index (χ3v) is 1.93. The van der Waals surface area contributed by atoms with Gasteiger partial charge in [0.05, 0.1) is 0 Å². The van der Waals surface area contributed by atoms with Gasteiger partial charge >= 0.3 is 0 Å². The van der Waals surface area contributed by atoms with Crippen molar-refractivity contribution in [1.29, 1.82) is 0 Å². The average molecular weight is 204 g/mol. The molecular weight excluding hydrogens is 197 g/mol. The maximum absolute atomic E-state index is 12.5. The van der Waals surface area contributed by atoms with Crippen LogP contribution in [0.5, 0.6) is 0 Å². The minimum absolute atomic E-state index is 0.189. The second kappa shape index (κ2) is 4.18. The molecule has 1 aromatic carbocycles. The van der Waals surface area contributed by atoms with Gasteiger partial charge in [-0.25, -0.2) is 4.39 Å². The van der Waals surface area contributed by atoms with Crippen LogP contribution in [0.3, 0.4) is 0 Å². The van der Waals surface area contributed by atoms with Crippen LogP contribution < -0.4 is 0 Å². The molecule has 1 aromatic rings. The van der Waals surface area contributed by atoms with Gasteiger partial charge < -0.3 is 0 Å². The van der Waals surface area contributed by atoms with Crippen LogP contribution in [-0.2, 0) is 6.42 Å². The maximum Gasteiger partial charge on any atom is 0.207 e. The van der Waals surface area contributed by atoms with Crippen LogP contribution in [0, 0.1) is 15.9 Å². The summed E-state index contributed by atoms with van der Waals surface area (Å²) in [6.45, 7) is -0.189. The Bertz CT molecular complexity index is 330. The van der Waals surface area contributed by atoms with Crippen LogP contribution >= 0.6 is 11.6 Å². The van der Waals surface area contributed by atoms with Crippen LogP contribution in [0.25, 0.3) is 0 Å². The van der Waals surface area contributed by atoms with Crippen LogP contribution in [0.4, 0.5) is 4.39 Å². The molecule has 0 N–H and O–H groups in total. The molecule has 0 bridgehead atoms. The fraction of sp³-hybridized carbons (Fsp3) is 0.250. The molecule has 0 aromatic heterocycles. The van der Waals surface area contributed by atoms with Crippen molar-refractivity contribution in [3.8, 4) is 0 Å². The molecule has 0 aliphatic heterocycles. The number of halogens is 2. The summed E-state index contributed by atoms with van der Waals surface area (Å²) in [6.07, 6.45) is 0.228. The summed E-state index contributed by atoms with van der Waals surface area (Å²) >= 11 is 5.65. The first-order valence-electron chi connectivity index (χ1n) is 3.65. The fourth-order valence-corrected chi connectivity index (χ4v) is 1.20. The Morgan fingerprint density at radius 3 is 2.77 bits per heavy atom. The highest BCUT2D eigenvalue weighted by Gasteiger charge is 2.05. The molecule has 13 heavy (non-hydrogen) atoms. The van der Waals surface area contributed by atoms with Gasteiger partial charge in [-0.3, -0.25) is 10.1 Å². The van der Waals surface area contributed by atoms with Crippen molar-refractivity contribution >= 4 is 11.6 Å². The van der Waals surface area contributed by atoms with Gasteiger partial charge in [-0.1, -0.05) is 17.7 Å². The Morgan fingerprint density at radius 1 is 1.54 bits per heavy atom.